The zero-order valence-electron chi connectivity index (χ0n) is 8.68. The van der Waals surface area contributed by atoms with Crippen LogP contribution in [0.25, 0.3) is 6.08 Å². The minimum absolute atomic E-state index is 0.0499. The van der Waals surface area contributed by atoms with E-state index >= 15 is 0 Å². The van der Waals surface area contributed by atoms with Crippen LogP contribution < -0.4 is 5.32 Å². The molecule has 1 amide bonds. The van der Waals surface area contributed by atoms with Crippen molar-refractivity contribution in [1.29, 1.82) is 0 Å². The Hall–Kier alpha value is -2.23. The van der Waals surface area contributed by atoms with Crippen molar-refractivity contribution in [3.63, 3.8) is 0 Å². The molecule has 16 heavy (non-hydrogen) atoms. The molecule has 0 atom stereocenters. The lowest BCUT2D eigenvalue weighted by atomic mass is 10.2. The second-order valence-electron chi connectivity index (χ2n) is 3.15. The highest BCUT2D eigenvalue weighted by molar-refractivity contribution is 5.91. The first kappa shape index (κ1) is 11.8. The van der Waals surface area contributed by atoms with E-state index in [2.05, 4.69) is 11.9 Å². The van der Waals surface area contributed by atoms with E-state index in [0.29, 0.717) is 12.1 Å². The van der Waals surface area contributed by atoms with E-state index in [-0.39, 0.29) is 17.4 Å². The summed E-state index contributed by atoms with van der Waals surface area (Å²) in [6.45, 7) is 3.87. The summed E-state index contributed by atoms with van der Waals surface area (Å²) in [5, 5.41) is 20.9. The predicted octanol–water partition coefficient (Wildman–Crippen LogP) is 1.41. The summed E-state index contributed by atoms with van der Waals surface area (Å²) in [6.07, 6.45) is 4.39. The first-order valence-corrected chi connectivity index (χ1v) is 4.71. The summed E-state index contributed by atoms with van der Waals surface area (Å²) in [6, 6.07) is 4.10. The number of phenolic OH excluding ortho intramolecular Hbond substituents is 2. The third-order valence-electron chi connectivity index (χ3n) is 1.77. The molecule has 1 aromatic carbocycles. The first-order chi connectivity index (χ1) is 7.61. The standard InChI is InChI=1S/C12H13NO3/c1-2-5-13-12(16)4-3-9-6-10(14)8-11(15)7-9/h2-4,6-8,14-15H,1,5H2,(H,13,16)/b4-3-. The van der Waals surface area contributed by atoms with E-state index in [9.17, 15) is 15.0 Å². The average molecular weight is 219 g/mol. The molecule has 0 aromatic heterocycles. The first-order valence-electron chi connectivity index (χ1n) is 4.71. The molecule has 84 valence electrons. The molecule has 1 rings (SSSR count). The smallest absolute Gasteiger partial charge is 0.244 e. The maximum Gasteiger partial charge on any atom is 0.244 e. The summed E-state index contributed by atoms with van der Waals surface area (Å²) in [7, 11) is 0. The minimum atomic E-state index is -0.261. The SMILES string of the molecule is C=CCNC(=O)/C=C\c1cc(O)cc(O)c1. The van der Waals surface area contributed by atoms with Crippen molar-refractivity contribution in [3.8, 4) is 11.5 Å². The Morgan fingerprint density at radius 3 is 2.50 bits per heavy atom. The highest BCUT2D eigenvalue weighted by atomic mass is 16.3. The van der Waals surface area contributed by atoms with Crippen LogP contribution in [-0.4, -0.2) is 22.7 Å². The van der Waals surface area contributed by atoms with Crippen molar-refractivity contribution in [3.05, 3.63) is 42.5 Å². The van der Waals surface area contributed by atoms with Gasteiger partial charge in [0.1, 0.15) is 11.5 Å². The number of rotatable bonds is 4. The van der Waals surface area contributed by atoms with Crippen molar-refractivity contribution in [2.45, 2.75) is 0 Å². The van der Waals surface area contributed by atoms with E-state index < -0.39 is 0 Å². The van der Waals surface area contributed by atoms with Gasteiger partial charge in [-0.2, -0.15) is 0 Å². The van der Waals surface area contributed by atoms with Gasteiger partial charge < -0.3 is 15.5 Å². The normalized spacial score (nSPS) is 10.2. The van der Waals surface area contributed by atoms with Crippen molar-refractivity contribution in [2.75, 3.05) is 6.54 Å². The topological polar surface area (TPSA) is 69.6 Å². The molecule has 0 radical (unpaired) electrons. The van der Waals surface area contributed by atoms with Gasteiger partial charge in [0.15, 0.2) is 0 Å². The van der Waals surface area contributed by atoms with Crippen LogP contribution in [0.15, 0.2) is 36.9 Å². The molecule has 4 nitrogen and oxygen atoms in total. The zero-order valence-corrected chi connectivity index (χ0v) is 8.68. The lowest BCUT2D eigenvalue weighted by Crippen LogP contribution is -2.20. The molecule has 0 unspecified atom stereocenters. The molecule has 1 aromatic rings. The molecule has 0 fully saturated rings. The number of benzene rings is 1. The number of hydrogen-bond donors (Lipinski definition) is 3. The van der Waals surface area contributed by atoms with E-state index in [1.165, 1.54) is 30.4 Å². The summed E-state index contributed by atoms with van der Waals surface area (Å²) in [5.41, 5.74) is 0.547. The Balaban J connectivity index is 2.68. The zero-order chi connectivity index (χ0) is 12.0. The van der Waals surface area contributed by atoms with E-state index in [0.717, 1.165) is 0 Å². The number of aromatic hydroxyl groups is 2. The second kappa shape index (κ2) is 5.60. The number of phenols is 2. The van der Waals surface area contributed by atoms with Crippen LogP contribution in [0.2, 0.25) is 0 Å². The maximum atomic E-state index is 11.2. The van der Waals surface area contributed by atoms with Crippen LogP contribution in [0, 0.1) is 0 Å². The molecular weight excluding hydrogens is 206 g/mol. The lowest BCUT2D eigenvalue weighted by Gasteiger charge is -1.98. The Morgan fingerprint density at radius 2 is 1.94 bits per heavy atom. The Labute approximate surface area is 93.5 Å². The molecular formula is C12H13NO3. The summed E-state index contributed by atoms with van der Waals surface area (Å²) in [5.74, 6) is -0.361. The summed E-state index contributed by atoms with van der Waals surface area (Å²) in [4.78, 5) is 11.2. The quantitative estimate of drug-likeness (QED) is 0.529. The molecule has 0 heterocycles. The van der Waals surface area contributed by atoms with Crippen LogP contribution in [0.3, 0.4) is 0 Å². The van der Waals surface area contributed by atoms with E-state index in [4.69, 9.17) is 0 Å². The molecule has 3 N–H and O–H groups in total. The second-order valence-corrected chi connectivity index (χ2v) is 3.15. The maximum absolute atomic E-state index is 11.2. The van der Waals surface area contributed by atoms with Gasteiger partial charge in [-0.15, -0.1) is 6.58 Å². The lowest BCUT2D eigenvalue weighted by molar-refractivity contribution is -0.116. The molecule has 4 heteroatoms. The monoisotopic (exact) mass is 219 g/mol. The highest BCUT2D eigenvalue weighted by Crippen LogP contribution is 2.20. The number of carbonyl (C=O) groups excluding carboxylic acids is 1. The van der Waals surface area contributed by atoms with Crippen molar-refractivity contribution < 1.29 is 15.0 Å². The fourth-order valence-electron chi connectivity index (χ4n) is 1.12. The molecule has 0 aliphatic rings. The summed E-state index contributed by atoms with van der Waals surface area (Å²) < 4.78 is 0. The van der Waals surface area contributed by atoms with Crippen LogP contribution in [0.1, 0.15) is 5.56 Å². The van der Waals surface area contributed by atoms with Crippen LogP contribution in [0.5, 0.6) is 11.5 Å². The average Bonchev–Trinajstić information content (AvgIpc) is 2.22. The van der Waals surface area contributed by atoms with Gasteiger partial charge in [0.2, 0.25) is 5.91 Å². The molecule has 0 aliphatic heterocycles. The van der Waals surface area contributed by atoms with Gasteiger partial charge in [-0.1, -0.05) is 6.08 Å². The van der Waals surface area contributed by atoms with E-state index in [1.54, 1.807) is 6.08 Å². The fraction of sp³-hybridized carbons (Fsp3) is 0.0833. The van der Waals surface area contributed by atoms with Crippen molar-refractivity contribution >= 4 is 12.0 Å². The van der Waals surface area contributed by atoms with Crippen molar-refractivity contribution in [2.24, 2.45) is 0 Å². The van der Waals surface area contributed by atoms with Gasteiger partial charge in [-0.25, -0.2) is 0 Å². The largest absolute Gasteiger partial charge is 0.508 e. The number of hydrogen-bond acceptors (Lipinski definition) is 3. The van der Waals surface area contributed by atoms with Crippen molar-refractivity contribution in [1.82, 2.24) is 5.32 Å². The number of amides is 1. The Morgan fingerprint density at radius 1 is 1.31 bits per heavy atom. The fourth-order valence-corrected chi connectivity index (χ4v) is 1.12. The molecule has 0 saturated carbocycles. The molecule has 0 saturated heterocycles. The van der Waals surface area contributed by atoms with Gasteiger partial charge in [-0.3, -0.25) is 4.79 Å². The highest BCUT2D eigenvalue weighted by Gasteiger charge is 1.97. The third kappa shape index (κ3) is 3.88. The minimum Gasteiger partial charge on any atom is -0.508 e. The van der Waals surface area contributed by atoms with Gasteiger partial charge in [0.25, 0.3) is 0 Å². The number of carbonyl (C=O) groups is 1. The number of nitrogens with one attached hydrogen (secondary N) is 1. The van der Waals surface area contributed by atoms with Crippen LogP contribution in [-0.2, 0) is 4.79 Å². The predicted molar refractivity (Wildman–Crippen MR) is 62.0 cm³/mol. The third-order valence-corrected chi connectivity index (χ3v) is 1.77. The van der Waals surface area contributed by atoms with Gasteiger partial charge >= 0.3 is 0 Å². The van der Waals surface area contributed by atoms with Gasteiger partial charge in [0.05, 0.1) is 0 Å². The Kier molecular flexibility index (Phi) is 4.15. The molecule has 0 spiro atoms. The van der Waals surface area contributed by atoms with E-state index in [1.807, 2.05) is 0 Å². The molecule has 0 bridgehead atoms. The molecule has 0 aliphatic carbocycles. The van der Waals surface area contributed by atoms with Gasteiger partial charge in [0, 0.05) is 18.7 Å². The summed E-state index contributed by atoms with van der Waals surface area (Å²) >= 11 is 0. The van der Waals surface area contributed by atoms with Crippen LogP contribution >= 0.6 is 0 Å². The Bertz CT molecular complexity index is 404. The van der Waals surface area contributed by atoms with Crippen LogP contribution in [0.4, 0.5) is 0 Å². The van der Waals surface area contributed by atoms with Gasteiger partial charge in [-0.05, 0) is 23.8 Å².